The van der Waals surface area contributed by atoms with Crippen LogP contribution in [0.5, 0.6) is 0 Å². The molecule has 148 valence electrons. The fourth-order valence-corrected chi connectivity index (χ4v) is 3.89. The molecular formula is C20H27N7O. The Morgan fingerprint density at radius 2 is 1.93 bits per heavy atom. The van der Waals surface area contributed by atoms with Crippen LogP contribution < -0.4 is 10.9 Å². The monoisotopic (exact) mass is 381 g/mol. The summed E-state index contributed by atoms with van der Waals surface area (Å²) in [5, 5.41) is 16.9. The van der Waals surface area contributed by atoms with Gasteiger partial charge in [-0.15, -0.1) is 5.10 Å². The number of tetrazole rings is 1. The molecule has 0 radical (unpaired) electrons. The number of H-pyrrole nitrogens is 1. The van der Waals surface area contributed by atoms with Gasteiger partial charge in [-0.1, -0.05) is 18.2 Å². The van der Waals surface area contributed by atoms with Crippen molar-refractivity contribution in [2.24, 2.45) is 0 Å². The molecule has 0 spiro atoms. The molecule has 2 aromatic heterocycles. The number of hydrogen-bond acceptors (Lipinski definition) is 6. The van der Waals surface area contributed by atoms with Crippen molar-refractivity contribution in [3.63, 3.8) is 0 Å². The zero-order chi connectivity index (χ0) is 19.9. The average molecular weight is 381 g/mol. The van der Waals surface area contributed by atoms with Crippen LogP contribution in [-0.4, -0.2) is 56.3 Å². The largest absolute Gasteiger partial charge is 0.321 e. The lowest BCUT2D eigenvalue weighted by Crippen LogP contribution is -2.47. The Kier molecular flexibility index (Phi) is 4.76. The van der Waals surface area contributed by atoms with Gasteiger partial charge in [-0.05, 0) is 55.1 Å². The highest BCUT2D eigenvalue weighted by atomic mass is 16.1. The number of aromatic nitrogens is 5. The number of nitrogens with zero attached hydrogens (tertiary/aromatic N) is 5. The summed E-state index contributed by atoms with van der Waals surface area (Å²) in [6, 6.07) is 7.74. The molecule has 1 atom stereocenters. The minimum absolute atomic E-state index is 0.0891. The van der Waals surface area contributed by atoms with Crippen LogP contribution in [0.3, 0.4) is 0 Å². The van der Waals surface area contributed by atoms with Crippen molar-refractivity contribution in [3.05, 3.63) is 51.6 Å². The Morgan fingerprint density at radius 3 is 2.64 bits per heavy atom. The number of piperazine rings is 1. The van der Waals surface area contributed by atoms with E-state index in [1.165, 1.54) is 0 Å². The summed E-state index contributed by atoms with van der Waals surface area (Å²) in [5.41, 5.74) is 2.24. The lowest BCUT2D eigenvalue weighted by Gasteiger charge is -2.35. The van der Waals surface area contributed by atoms with Gasteiger partial charge in [-0.25, -0.2) is 4.68 Å². The minimum Gasteiger partial charge on any atom is -0.321 e. The summed E-state index contributed by atoms with van der Waals surface area (Å²) < 4.78 is 1.83. The molecule has 1 unspecified atom stereocenters. The standard InChI is InChI=1S/C20H27N7O/c1-13-6-5-7-14-12-15(19(28)22-16(13)14)17(26-10-8-21-9-11-26)18-23-24-25-27(18)20(2,3)4/h5-7,12,17,21H,8-11H2,1-4H3,(H,22,28). The lowest BCUT2D eigenvalue weighted by molar-refractivity contribution is 0.179. The van der Waals surface area contributed by atoms with Gasteiger partial charge >= 0.3 is 0 Å². The van der Waals surface area contributed by atoms with Gasteiger partial charge in [0, 0.05) is 31.7 Å². The van der Waals surface area contributed by atoms with E-state index in [-0.39, 0.29) is 17.1 Å². The van der Waals surface area contributed by atoms with Crippen molar-refractivity contribution in [1.82, 2.24) is 35.4 Å². The van der Waals surface area contributed by atoms with E-state index in [1.54, 1.807) is 0 Å². The Bertz CT molecular complexity index is 1040. The van der Waals surface area contributed by atoms with Gasteiger partial charge in [0.2, 0.25) is 0 Å². The lowest BCUT2D eigenvalue weighted by atomic mass is 10.0. The molecule has 8 nitrogen and oxygen atoms in total. The first-order valence-electron chi connectivity index (χ1n) is 9.72. The smallest absolute Gasteiger partial charge is 0.253 e. The molecular weight excluding hydrogens is 354 g/mol. The van der Waals surface area contributed by atoms with Crippen LogP contribution in [0.15, 0.2) is 29.1 Å². The molecule has 1 aliphatic rings. The second-order valence-electron chi connectivity index (χ2n) is 8.40. The Labute approximate surface area is 163 Å². The van der Waals surface area contributed by atoms with Crippen molar-refractivity contribution in [2.45, 2.75) is 39.3 Å². The third-order valence-electron chi connectivity index (χ3n) is 5.30. The average Bonchev–Trinajstić information content (AvgIpc) is 3.14. The molecule has 1 fully saturated rings. The van der Waals surface area contributed by atoms with E-state index < -0.39 is 0 Å². The van der Waals surface area contributed by atoms with Crippen molar-refractivity contribution >= 4 is 10.9 Å². The number of fused-ring (bicyclic) bond motifs is 1. The van der Waals surface area contributed by atoms with Gasteiger partial charge in [0.05, 0.1) is 11.1 Å². The molecule has 2 N–H and O–H groups in total. The number of para-hydroxylation sites is 1. The molecule has 3 aromatic rings. The quantitative estimate of drug-likeness (QED) is 0.716. The first kappa shape index (κ1) is 18.8. The van der Waals surface area contributed by atoms with Crippen molar-refractivity contribution in [2.75, 3.05) is 26.2 Å². The molecule has 0 saturated carbocycles. The predicted molar refractivity (Wildman–Crippen MR) is 108 cm³/mol. The second-order valence-corrected chi connectivity index (χ2v) is 8.40. The van der Waals surface area contributed by atoms with Crippen LogP contribution in [-0.2, 0) is 5.54 Å². The summed E-state index contributed by atoms with van der Waals surface area (Å²) >= 11 is 0. The van der Waals surface area contributed by atoms with E-state index in [0.717, 1.165) is 42.6 Å². The van der Waals surface area contributed by atoms with E-state index in [9.17, 15) is 4.79 Å². The Hall–Kier alpha value is -2.58. The summed E-state index contributed by atoms with van der Waals surface area (Å²) in [6.45, 7) is 11.6. The van der Waals surface area contributed by atoms with Crippen molar-refractivity contribution in [1.29, 1.82) is 0 Å². The second kappa shape index (κ2) is 7.10. The molecule has 0 amide bonds. The first-order chi connectivity index (χ1) is 13.4. The van der Waals surface area contributed by atoms with Crippen LogP contribution in [0.2, 0.25) is 0 Å². The van der Waals surface area contributed by atoms with Crippen LogP contribution >= 0.6 is 0 Å². The van der Waals surface area contributed by atoms with Gasteiger partial charge in [-0.2, -0.15) is 0 Å². The van der Waals surface area contributed by atoms with E-state index in [0.29, 0.717) is 11.4 Å². The van der Waals surface area contributed by atoms with Crippen molar-refractivity contribution < 1.29 is 0 Å². The van der Waals surface area contributed by atoms with Crippen LogP contribution in [0.4, 0.5) is 0 Å². The summed E-state index contributed by atoms with van der Waals surface area (Å²) in [7, 11) is 0. The normalized spacial score (nSPS) is 17.1. The number of aromatic amines is 1. The minimum atomic E-state index is -0.301. The van der Waals surface area contributed by atoms with Gasteiger partial charge in [0.25, 0.3) is 5.56 Å². The maximum Gasteiger partial charge on any atom is 0.253 e. The summed E-state index contributed by atoms with van der Waals surface area (Å²) in [4.78, 5) is 18.5. The Balaban J connectivity index is 1.92. The van der Waals surface area contributed by atoms with Gasteiger partial charge in [0.1, 0.15) is 6.04 Å². The SMILES string of the molecule is Cc1cccc2cc(C(c3nnnn3C(C)(C)C)N3CCNCC3)c(=O)[nH]c12. The van der Waals surface area contributed by atoms with E-state index >= 15 is 0 Å². The van der Waals surface area contributed by atoms with Crippen LogP contribution in [0.25, 0.3) is 10.9 Å². The van der Waals surface area contributed by atoms with Gasteiger partial charge in [0.15, 0.2) is 5.82 Å². The number of aryl methyl sites for hydroxylation is 1. The highest BCUT2D eigenvalue weighted by Gasteiger charge is 2.33. The van der Waals surface area contributed by atoms with E-state index in [4.69, 9.17) is 0 Å². The molecule has 4 rings (SSSR count). The molecule has 0 aliphatic carbocycles. The summed E-state index contributed by atoms with van der Waals surface area (Å²) in [5.74, 6) is 0.701. The van der Waals surface area contributed by atoms with Gasteiger partial charge < -0.3 is 10.3 Å². The highest BCUT2D eigenvalue weighted by molar-refractivity contribution is 5.82. The number of pyridine rings is 1. The number of rotatable bonds is 3. The third-order valence-corrected chi connectivity index (χ3v) is 5.30. The molecule has 0 bridgehead atoms. The molecule has 1 aliphatic heterocycles. The summed E-state index contributed by atoms with van der Waals surface area (Å²) in [6.07, 6.45) is 0. The predicted octanol–water partition coefficient (Wildman–Crippen LogP) is 1.57. The fraction of sp³-hybridized carbons (Fsp3) is 0.500. The Morgan fingerprint density at radius 1 is 1.18 bits per heavy atom. The molecule has 1 aromatic carbocycles. The van der Waals surface area contributed by atoms with Crippen molar-refractivity contribution in [3.8, 4) is 0 Å². The first-order valence-corrected chi connectivity index (χ1v) is 9.72. The third kappa shape index (κ3) is 3.33. The van der Waals surface area contributed by atoms with Gasteiger partial charge in [-0.3, -0.25) is 9.69 Å². The van der Waals surface area contributed by atoms with E-state index in [1.807, 2.05) is 35.9 Å². The zero-order valence-electron chi connectivity index (χ0n) is 16.9. The number of nitrogens with one attached hydrogen (secondary N) is 2. The fourth-order valence-electron chi connectivity index (χ4n) is 3.89. The van der Waals surface area contributed by atoms with Crippen LogP contribution in [0.1, 0.15) is 43.8 Å². The number of benzene rings is 1. The highest BCUT2D eigenvalue weighted by Crippen LogP contribution is 2.29. The molecule has 3 heterocycles. The van der Waals surface area contributed by atoms with E-state index in [2.05, 4.69) is 51.5 Å². The molecule has 28 heavy (non-hydrogen) atoms. The molecule has 1 saturated heterocycles. The topological polar surface area (TPSA) is 91.7 Å². The van der Waals surface area contributed by atoms with Crippen LogP contribution in [0, 0.1) is 6.92 Å². The maximum absolute atomic E-state index is 13.1. The zero-order valence-corrected chi connectivity index (χ0v) is 16.9. The molecule has 8 heteroatoms. The number of hydrogen-bond donors (Lipinski definition) is 2. The maximum atomic E-state index is 13.1.